The molecule has 0 radical (unpaired) electrons. The van der Waals surface area contributed by atoms with Crippen molar-refractivity contribution >= 4 is 34.1 Å². The first-order chi connectivity index (χ1) is 15.0. The van der Waals surface area contributed by atoms with Crippen LogP contribution in [-0.2, 0) is 6.54 Å². The zero-order valence-corrected chi connectivity index (χ0v) is 19.1. The molecular weight excluding hydrogens is 436 g/mol. The average Bonchev–Trinajstić information content (AvgIpc) is 3.14. The van der Waals surface area contributed by atoms with E-state index in [2.05, 4.69) is 31.5 Å². The van der Waals surface area contributed by atoms with E-state index < -0.39 is 5.95 Å². The standard InChI is InChI=1S/C22H25F2N5S2/c1-15-21(30-22(25-15)31-27-20-9-5-8-19(24)26-20)28(2)17-10-12-29(13-11-17)14-16-6-3-4-7-18(16)23/h3-9,17H,10-14H2,1-2H3,(H,26,27). The normalized spacial score (nSPS) is 15.2. The Morgan fingerprint density at radius 2 is 1.90 bits per heavy atom. The van der Waals surface area contributed by atoms with Gasteiger partial charge in [0.25, 0.3) is 0 Å². The summed E-state index contributed by atoms with van der Waals surface area (Å²) in [6.45, 7) is 4.55. The van der Waals surface area contributed by atoms with Crippen LogP contribution in [0.3, 0.4) is 0 Å². The molecule has 0 amide bonds. The summed E-state index contributed by atoms with van der Waals surface area (Å²) >= 11 is 2.96. The SMILES string of the molecule is Cc1nc(SNc2cccc(F)n2)sc1N(C)C1CCN(Cc2ccccc2F)CC1. The molecule has 9 heteroatoms. The minimum absolute atomic E-state index is 0.130. The second kappa shape index (κ2) is 9.93. The summed E-state index contributed by atoms with van der Waals surface area (Å²) in [5.41, 5.74) is 1.74. The smallest absolute Gasteiger partial charge is 0.214 e. The van der Waals surface area contributed by atoms with Crippen molar-refractivity contribution in [1.82, 2.24) is 14.9 Å². The molecule has 31 heavy (non-hydrogen) atoms. The summed E-state index contributed by atoms with van der Waals surface area (Å²) in [6.07, 6.45) is 2.05. The quantitative estimate of drug-likeness (QED) is 0.378. The minimum atomic E-state index is -0.511. The second-order valence-electron chi connectivity index (χ2n) is 7.63. The van der Waals surface area contributed by atoms with Crippen molar-refractivity contribution in [3.63, 3.8) is 0 Å². The number of likely N-dealkylation sites (tertiary alicyclic amines) is 1. The minimum Gasteiger partial charge on any atom is -0.362 e. The van der Waals surface area contributed by atoms with E-state index in [4.69, 9.17) is 0 Å². The number of aromatic nitrogens is 2. The molecule has 1 aliphatic rings. The van der Waals surface area contributed by atoms with E-state index in [0.29, 0.717) is 18.4 Å². The first kappa shape index (κ1) is 22.0. The van der Waals surface area contributed by atoms with Gasteiger partial charge < -0.3 is 9.62 Å². The van der Waals surface area contributed by atoms with Crippen LogP contribution in [-0.4, -0.2) is 41.0 Å². The van der Waals surface area contributed by atoms with Crippen LogP contribution >= 0.6 is 23.3 Å². The van der Waals surface area contributed by atoms with Gasteiger partial charge in [0.2, 0.25) is 5.95 Å². The Labute approximate surface area is 189 Å². The first-order valence-corrected chi connectivity index (χ1v) is 11.8. The van der Waals surface area contributed by atoms with Gasteiger partial charge >= 0.3 is 0 Å². The van der Waals surface area contributed by atoms with Gasteiger partial charge in [-0.3, -0.25) is 4.90 Å². The van der Waals surface area contributed by atoms with E-state index >= 15 is 0 Å². The molecule has 3 aromatic rings. The van der Waals surface area contributed by atoms with Crippen LogP contribution < -0.4 is 9.62 Å². The highest BCUT2D eigenvalue weighted by Gasteiger charge is 2.25. The van der Waals surface area contributed by atoms with Crippen molar-refractivity contribution in [1.29, 1.82) is 0 Å². The molecule has 1 aromatic carbocycles. The molecule has 4 rings (SSSR count). The van der Waals surface area contributed by atoms with Gasteiger partial charge in [0.05, 0.1) is 5.69 Å². The summed E-state index contributed by atoms with van der Waals surface area (Å²) in [6, 6.07) is 12.1. The third-order valence-electron chi connectivity index (χ3n) is 5.49. The monoisotopic (exact) mass is 461 g/mol. The molecule has 1 N–H and O–H groups in total. The van der Waals surface area contributed by atoms with Gasteiger partial charge in [-0.05, 0) is 38.0 Å². The number of pyridine rings is 1. The molecule has 0 unspecified atom stereocenters. The van der Waals surface area contributed by atoms with Gasteiger partial charge in [-0.1, -0.05) is 35.6 Å². The maximum atomic E-state index is 13.9. The van der Waals surface area contributed by atoms with E-state index in [9.17, 15) is 8.78 Å². The van der Waals surface area contributed by atoms with Crippen molar-refractivity contribution in [2.45, 2.75) is 36.7 Å². The molecule has 0 bridgehead atoms. The van der Waals surface area contributed by atoms with Crippen LogP contribution in [0.2, 0.25) is 0 Å². The van der Waals surface area contributed by atoms with Gasteiger partial charge in [0.15, 0.2) is 4.34 Å². The number of benzene rings is 1. The van der Waals surface area contributed by atoms with Gasteiger partial charge in [0.1, 0.15) is 16.6 Å². The van der Waals surface area contributed by atoms with Crippen LogP contribution in [0.5, 0.6) is 0 Å². The van der Waals surface area contributed by atoms with Crippen LogP contribution in [0.4, 0.5) is 19.6 Å². The zero-order valence-electron chi connectivity index (χ0n) is 17.5. The highest BCUT2D eigenvalue weighted by molar-refractivity contribution is 8.02. The van der Waals surface area contributed by atoms with Crippen molar-refractivity contribution in [3.05, 3.63) is 65.5 Å². The number of aryl methyl sites for hydroxylation is 1. The van der Waals surface area contributed by atoms with Crippen LogP contribution in [0, 0.1) is 18.7 Å². The summed E-state index contributed by atoms with van der Waals surface area (Å²) < 4.78 is 31.1. The number of rotatable bonds is 7. The molecule has 1 saturated heterocycles. The fourth-order valence-corrected chi connectivity index (χ4v) is 5.65. The summed E-state index contributed by atoms with van der Waals surface area (Å²) in [4.78, 5) is 13.1. The lowest BCUT2D eigenvalue weighted by Gasteiger charge is -2.37. The molecule has 0 saturated carbocycles. The Hall–Kier alpha value is -2.23. The average molecular weight is 462 g/mol. The Morgan fingerprint density at radius 3 is 2.65 bits per heavy atom. The molecule has 0 atom stereocenters. The van der Waals surface area contributed by atoms with Crippen molar-refractivity contribution < 1.29 is 8.78 Å². The lowest BCUT2D eigenvalue weighted by atomic mass is 10.0. The molecule has 2 aromatic heterocycles. The van der Waals surface area contributed by atoms with E-state index in [0.717, 1.165) is 46.5 Å². The lowest BCUT2D eigenvalue weighted by molar-refractivity contribution is 0.201. The van der Waals surface area contributed by atoms with E-state index in [1.165, 1.54) is 24.1 Å². The summed E-state index contributed by atoms with van der Waals surface area (Å²) in [7, 11) is 2.12. The number of piperidine rings is 1. The van der Waals surface area contributed by atoms with Crippen molar-refractivity contribution in [2.75, 3.05) is 29.8 Å². The fourth-order valence-electron chi connectivity index (χ4n) is 3.79. The van der Waals surface area contributed by atoms with E-state index in [1.54, 1.807) is 29.5 Å². The number of nitrogens with zero attached hydrogens (tertiary/aromatic N) is 4. The predicted molar refractivity (Wildman–Crippen MR) is 124 cm³/mol. The van der Waals surface area contributed by atoms with Gasteiger partial charge in [0, 0.05) is 50.2 Å². The summed E-state index contributed by atoms with van der Waals surface area (Å²) in [5, 5.41) is 1.14. The number of halogens is 2. The van der Waals surface area contributed by atoms with Crippen molar-refractivity contribution in [2.24, 2.45) is 0 Å². The van der Waals surface area contributed by atoms with Gasteiger partial charge in [-0.25, -0.2) is 14.4 Å². The molecule has 1 aliphatic heterocycles. The first-order valence-electron chi connectivity index (χ1n) is 10.2. The van der Waals surface area contributed by atoms with E-state index in [1.807, 2.05) is 19.1 Å². The molecule has 1 fully saturated rings. The molecular formula is C22H25F2N5S2. The third kappa shape index (κ3) is 5.53. The Kier molecular flexibility index (Phi) is 7.04. The Morgan fingerprint density at radius 1 is 1.13 bits per heavy atom. The molecule has 0 spiro atoms. The maximum Gasteiger partial charge on any atom is 0.214 e. The highest BCUT2D eigenvalue weighted by atomic mass is 32.2. The van der Waals surface area contributed by atoms with Crippen LogP contribution in [0.25, 0.3) is 0 Å². The number of hydrogen-bond acceptors (Lipinski definition) is 7. The number of anilines is 2. The highest BCUT2D eigenvalue weighted by Crippen LogP contribution is 2.36. The predicted octanol–water partition coefficient (Wildman–Crippen LogP) is 5.34. The van der Waals surface area contributed by atoms with Crippen LogP contribution in [0.1, 0.15) is 24.1 Å². The fraction of sp³-hybridized carbons (Fsp3) is 0.364. The Bertz CT molecular complexity index is 1020. The second-order valence-corrected chi connectivity index (χ2v) is 9.66. The molecule has 3 heterocycles. The molecule has 0 aliphatic carbocycles. The molecule has 5 nitrogen and oxygen atoms in total. The summed E-state index contributed by atoms with van der Waals surface area (Å²) in [5.74, 6) is -0.174. The van der Waals surface area contributed by atoms with Gasteiger partial charge in [-0.2, -0.15) is 4.39 Å². The number of thiazole rings is 1. The maximum absolute atomic E-state index is 13.9. The largest absolute Gasteiger partial charge is 0.362 e. The number of nitrogens with one attached hydrogen (secondary N) is 1. The van der Waals surface area contributed by atoms with Crippen LogP contribution in [0.15, 0.2) is 46.8 Å². The Balaban J connectivity index is 1.32. The topological polar surface area (TPSA) is 44.3 Å². The zero-order chi connectivity index (χ0) is 21.8. The number of hydrogen-bond donors (Lipinski definition) is 1. The van der Waals surface area contributed by atoms with E-state index in [-0.39, 0.29) is 5.82 Å². The molecule has 164 valence electrons. The van der Waals surface area contributed by atoms with Crippen molar-refractivity contribution in [3.8, 4) is 0 Å². The van der Waals surface area contributed by atoms with Gasteiger partial charge in [-0.15, -0.1) is 0 Å². The lowest BCUT2D eigenvalue weighted by Crippen LogP contribution is -2.43. The third-order valence-corrected chi connectivity index (χ3v) is 7.61.